The molecular formula is C23H29N3O5S2. The number of aromatic nitrogens is 1. The van der Waals surface area contributed by atoms with Crippen molar-refractivity contribution < 1.29 is 22.4 Å². The third-order valence-electron chi connectivity index (χ3n) is 5.77. The van der Waals surface area contributed by atoms with Crippen molar-refractivity contribution in [3.05, 3.63) is 47.7 Å². The maximum atomic E-state index is 12.5. The molecule has 0 radical (unpaired) electrons. The third-order valence-corrected chi connectivity index (χ3v) is 8.82. The number of hydrogen-bond donors (Lipinski definition) is 1. The molecule has 0 fully saturated rings. The Labute approximate surface area is 198 Å². The molecule has 0 saturated carbocycles. The third kappa shape index (κ3) is 5.75. The lowest BCUT2D eigenvalue weighted by Gasteiger charge is -2.29. The predicted molar refractivity (Wildman–Crippen MR) is 127 cm³/mol. The average molecular weight is 492 g/mol. The smallest absolute Gasteiger partial charge is 0.250 e. The van der Waals surface area contributed by atoms with E-state index in [0.29, 0.717) is 12.3 Å². The fourth-order valence-electron chi connectivity index (χ4n) is 3.99. The monoisotopic (exact) mass is 491 g/mol. The van der Waals surface area contributed by atoms with Crippen LogP contribution in [0.2, 0.25) is 0 Å². The zero-order chi connectivity index (χ0) is 23.3. The molecule has 178 valence electrons. The van der Waals surface area contributed by atoms with E-state index in [0.717, 1.165) is 61.7 Å². The van der Waals surface area contributed by atoms with Crippen molar-refractivity contribution in [1.29, 1.82) is 0 Å². The lowest BCUT2D eigenvalue weighted by Crippen LogP contribution is -2.31. The molecule has 0 atom stereocenters. The van der Waals surface area contributed by atoms with Crippen molar-refractivity contribution in [3.8, 4) is 22.1 Å². The summed E-state index contributed by atoms with van der Waals surface area (Å²) < 4.78 is 44.0. The van der Waals surface area contributed by atoms with Gasteiger partial charge in [-0.1, -0.05) is 11.6 Å². The Morgan fingerprint density at radius 1 is 1.09 bits per heavy atom. The normalized spacial score (nSPS) is 14.2. The second-order valence-corrected chi connectivity index (χ2v) is 11.0. The lowest BCUT2D eigenvalue weighted by atomic mass is 9.98. The van der Waals surface area contributed by atoms with Gasteiger partial charge >= 0.3 is 0 Å². The van der Waals surface area contributed by atoms with E-state index in [9.17, 15) is 8.42 Å². The highest BCUT2D eigenvalue weighted by atomic mass is 32.2. The number of sulfonamides is 1. The summed E-state index contributed by atoms with van der Waals surface area (Å²) in [6.45, 7) is 3.33. The molecule has 0 amide bonds. The Balaban J connectivity index is 1.19. The second-order valence-electron chi connectivity index (χ2n) is 7.96. The summed E-state index contributed by atoms with van der Waals surface area (Å²) in [6, 6.07) is 9.21. The van der Waals surface area contributed by atoms with E-state index in [-0.39, 0.29) is 4.21 Å². The highest BCUT2D eigenvalue weighted by molar-refractivity contribution is 7.91. The van der Waals surface area contributed by atoms with Crippen molar-refractivity contribution in [2.45, 2.75) is 36.4 Å². The molecular weight excluding hydrogens is 462 g/mol. The number of benzene rings is 1. The molecule has 1 aromatic carbocycles. The van der Waals surface area contributed by atoms with Crippen molar-refractivity contribution >= 4 is 21.4 Å². The lowest BCUT2D eigenvalue weighted by molar-refractivity contribution is 0.247. The van der Waals surface area contributed by atoms with Gasteiger partial charge in [0.05, 0.1) is 25.3 Å². The van der Waals surface area contributed by atoms with Gasteiger partial charge in [0.2, 0.25) is 10.0 Å². The van der Waals surface area contributed by atoms with Gasteiger partial charge in [0.25, 0.3) is 0 Å². The molecule has 0 saturated heterocycles. The van der Waals surface area contributed by atoms with Crippen LogP contribution in [0.1, 0.15) is 30.4 Å². The molecule has 4 rings (SSSR count). The van der Waals surface area contributed by atoms with Gasteiger partial charge in [-0.15, -0.1) is 11.3 Å². The van der Waals surface area contributed by atoms with E-state index in [1.807, 2.05) is 0 Å². The van der Waals surface area contributed by atoms with Crippen LogP contribution in [-0.4, -0.2) is 52.3 Å². The Hall–Kier alpha value is -2.40. The number of hydrogen-bond acceptors (Lipinski definition) is 8. The molecule has 1 aliphatic rings. The highest BCUT2D eigenvalue weighted by Crippen LogP contribution is 2.33. The Bertz CT molecular complexity index is 1160. The number of rotatable bonds is 11. The maximum absolute atomic E-state index is 12.5. The molecule has 0 spiro atoms. The van der Waals surface area contributed by atoms with E-state index in [2.05, 4.69) is 26.9 Å². The van der Waals surface area contributed by atoms with Crippen LogP contribution < -0.4 is 14.2 Å². The maximum Gasteiger partial charge on any atom is 0.250 e. The Morgan fingerprint density at radius 2 is 1.88 bits per heavy atom. The van der Waals surface area contributed by atoms with Crippen molar-refractivity contribution in [2.75, 3.05) is 33.9 Å². The minimum atomic E-state index is -3.51. The zero-order valence-electron chi connectivity index (χ0n) is 18.9. The summed E-state index contributed by atoms with van der Waals surface area (Å²) in [5.41, 5.74) is 2.60. The molecule has 33 heavy (non-hydrogen) atoms. The zero-order valence-corrected chi connectivity index (χ0v) is 20.5. The van der Waals surface area contributed by atoms with Crippen LogP contribution in [-0.2, 0) is 23.0 Å². The van der Waals surface area contributed by atoms with Gasteiger partial charge in [0, 0.05) is 25.7 Å². The summed E-state index contributed by atoms with van der Waals surface area (Å²) in [5.74, 6) is 2.12. The Kier molecular flexibility index (Phi) is 7.69. The SMILES string of the molecule is COc1cc2c(cc1OC)CN(CCCCCNS(=O)(=O)c1ccc(-c3ccno3)s1)CC2. The van der Waals surface area contributed by atoms with Gasteiger partial charge < -0.3 is 14.0 Å². The fourth-order valence-corrected chi connectivity index (χ4v) is 6.37. The first-order valence-electron chi connectivity index (χ1n) is 11.0. The topological polar surface area (TPSA) is 93.9 Å². The summed E-state index contributed by atoms with van der Waals surface area (Å²) in [7, 11) is -0.188. The van der Waals surface area contributed by atoms with Crippen LogP contribution in [0, 0.1) is 0 Å². The highest BCUT2D eigenvalue weighted by Gasteiger charge is 2.20. The first-order valence-corrected chi connectivity index (χ1v) is 13.3. The largest absolute Gasteiger partial charge is 0.493 e. The van der Waals surface area contributed by atoms with E-state index < -0.39 is 10.0 Å². The molecule has 1 N–H and O–H groups in total. The number of ether oxygens (including phenoxy) is 2. The number of nitrogens with zero attached hydrogens (tertiary/aromatic N) is 2. The number of methoxy groups -OCH3 is 2. The van der Waals surface area contributed by atoms with Crippen molar-refractivity contribution in [1.82, 2.24) is 14.8 Å². The average Bonchev–Trinajstić information content (AvgIpc) is 3.52. The molecule has 2 aromatic heterocycles. The van der Waals surface area contributed by atoms with E-state index in [1.54, 1.807) is 32.4 Å². The van der Waals surface area contributed by atoms with Gasteiger partial charge in [0.1, 0.15) is 4.21 Å². The molecule has 0 unspecified atom stereocenters. The second kappa shape index (κ2) is 10.7. The number of unbranched alkanes of at least 4 members (excludes halogenated alkanes) is 2. The molecule has 3 aromatic rings. The molecule has 8 nitrogen and oxygen atoms in total. The van der Waals surface area contributed by atoms with Crippen LogP contribution >= 0.6 is 11.3 Å². The summed E-state index contributed by atoms with van der Waals surface area (Å²) in [4.78, 5) is 3.18. The van der Waals surface area contributed by atoms with Crippen LogP contribution in [0.25, 0.3) is 10.6 Å². The van der Waals surface area contributed by atoms with Gasteiger partial charge in [-0.3, -0.25) is 4.90 Å². The first-order chi connectivity index (χ1) is 16.0. The first kappa shape index (κ1) is 23.7. The van der Waals surface area contributed by atoms with Gasteiger partial charge in [-0.25, -0.2) is 13.1 Å². The van der Waals surface area contributed by atoms with Crippen LogP contribution in [0.3, 0.4) is 0 Å². The van der Waals surface area contributed by atoms with Crippen molar-refractivity contribution in [2.24, 2.45) is 0 Å². The van der Waals surface area contributed by atoms with Crippen LogP contribution in [0.15, 0.2) is 45.3 Å². The molecule has 1 aliphatic heterocycles. The van der Waals surface area contributed by atoms with Gasteiger partial charge in [-0.05, 0) is 61.2 Å². The number of thiophene rings is 1. The van der Waals surface area contributed by atoms with E-state index >= 15 is 0 Å². The van der Waals surface area contributed by atoms with Gasteiger partial charge in [0.15, 0.2) is 17.3 Å². The quantitative estimate of drug-likeness (QED) is 0.406. The summed E-state index contributed by atoms with van der Waals surface area (Å²) >= 11 is 1.18. The van der Waals surface area contributed by atoms with Crippen LogP contribution in [0.5, 0.6) is 11.5 Å². The van der Waals surface area contributed by atoms with Gasteiger partial charge in [-0.2, -0.15) is 0 Å². The predicted octanol–water partition coefficient (Wildman–Crippen LogP) is 3.93. The number of nitrogens with one attached hydrogen (secondary N) is 1. The minimum Gasteiger partial charge on any atom is -0.493 e. The molecule has 0 aliphatic carbocycles. The molecule has 0 bridgehead atoms. The molecule has 10 heteroatoms. The van der Waals surface area contributed by atoms with E-state index in [1.165, 1.54) is 28.7 Å². The molecule has 3 heterocycles. The summed E-state index contributed by atoms with van der Waals surface area (Å²) in [5, 5.41) is 3.66. The van der Waals surface area contributed by atoms with Crippen molar-refractivity contribution in [3.63, 3.8) is 0 Å². The van der Waals surface area contributed by atoms with Crippen LogP contribution in [0.4, 0.5) is 0 Å². The fraction of sp³-hybridized carbons (Fsp3) is 0.435. The van der Waals surface area contributed by atoms with E-state index in [4.69, 9.17) is 14.0 Å². The Morgan fingerprint density at radius 3 is 2.61 bits per heavy atom. The minimum absolute atomic E-state index is 0.285. The summed E-state index contributed by atoms with van der Waals surface area (Å²) in [6.07, 6.45) is 5.32. The standard InChI is InChI=1S/C23H29N3O5S2/c1-29-20-14-17-9-13-26(16-18(17)15-21(20)30-2)12-5-3-4-10-25-33(27,28)23-7-6-22(32-23)19-8-11-24-31-19/h6-8,11,14-15,25H,3-5,9-10,12-13,16H2,1-2H3. The number of fused-ring (bicyclic) bond motifs is 1.